The minimum Gasteiger partial charge on any atom is -0.367 e. The highest BCUT2D eigenvalue weighted by Gasteiger charge is 2.25. The van der Waals surface area contributed by atoms with E-state index in [0.29, 0.717) is 43.4 Å². The molecule has 4 N–H and O–H groups in total. The number of carbonyl (C=O) groups is 1. The van der Waals surface area contributed by atoms with Crippen molar-refractivity contribution in [3.63, 3.8) is 0 Å². The molecule has 1 heterocycles. The van der Waals surface area contributed by atoms with Crippen LogP contribution in [0, 0.1) is 11.6 Å². The smallest absolute Gasteiger partial charge is 0.248 e. The Morgan fingerprint density at radius 1 is 1.27 bits per heavy atom. The summed E-state index contributed by atoms with van der Waals surface area (Å²) in [6, 6.07) is 10.8. The van der Waals surface area contributed by atoms with Crippen LogP contribution >= 0.6 is 24.0 Å². The van der Waals surface area contributed by atoms with Crippen LogP contribution in [-0.2, 0) is 6.54 Å². The number of nitrogens with zero attached hydrogens (tertiary/aromatic N) is 2. The zero-order chi connectivity index (χ0) is 20.8. The quantitative estimate of drug-likeness (QED) is 0.306. The van der Waals surface area contributed by atoms with Crippen molar-refractivity contribution >= 4 is 41.5 Å². The van der Waals surface area contributed by atoms with Crippen molar-refractivity contribution in [1.82, 2.24) is 10.6 Å². The van der Waals surface area contributed by atoms with E-state index in [-0.39, 0.29) is 30.0 Å². The van der Waals surface area contributed by atoms with E-state index in [1.54, 1.807) is 18.2 Å². The molecule has 2 aromatic carbocycles. The molecule has 3 rings (SSSR count). The summed E-state index contributed by atoms with van der Waals surface area (Å²) in [6.07, 6.45) is 0.804. The summed E-state index contributed by atoms with van der Waals surface area (Å²) >= 11 is 0. The van der Waals surface area contributed by atoms with Crippen molar-refractivity contribution in [2.24, 2.45) is 10.7 Å². The number of guanidine groups is 1. The number of nitrogens with one attached hydrogen (secondary N) is 2. The molecule has 1 unspecified atom stereocenters. The van der Waals surface area contributed by atoms with Gasteiger partial charge in [0.1, 0.15) is 11.6 Å². The van der Waals surface area contributed by atoms with Gasteiger partial charge in [-0.1, -0.05) is 12.1 Å². The maximum atomic E-state index is 14.0. The lowest BCUT2D eigenvalue weighted by molar-refractivity contribution is 0.1000. The minimum absolute atomic E-state index is 0. The average molecular weight is 529 g/mol. The predicted molar refractivity (Wildman–Crippen MR) is 125 cm³/mol. The van der Waals surface area contributed by atoms with Crippen molar-refractivity contribution in [2.75, 3.05) is 24.5 Å². The van der Waals surface area contributed by atoms with E-state index in [1.807, 2.05) is 17.9 Å². The first-order valence-electron chi connectivity index (χ1n) is 9.60. The summed E-state index contributed by atoms with van der Waals surface area (Å²) < 4.78 is 27.2. The molecular weight excluding hydrogens is 503 g/mol. The predicted octanol–water partition coefficient (Wildman–Crippen LogP) is 3.02. The molecule has 6 nitrogen and oxygen atoms in total. The summed E-state index contributed by atoms with van der Waals surface area (Å²) in [5.74, 6) is -0.967. The molecule has 2 aromatic rings. The normalized spacial score (nSPS) is 16.2. The van der Waals surface area contributed by atoms with Crippen LogP contribution in [0.1, 0.15) is 29.3 Å². The van der Waals surface area contributed by atoms with Gasteiger partial charge in [-0.25, -0.2) is 13.8 Å². The van der Waals surface area contributed by atoms with Gasteiger partial charge in [0.2, 0.25) is 5.91 Å². The van der Waals surface area contributed by atoms with Crippen LogP contribution in [0.15, 0.2) is 47.5 Å². The maximum Gasteiger partial charge on any atom is 0.248 e. The largest absolute Gasteiger partial charge is 0.367 e. The molecule has 162 valence electrons. The Morgan fingerprint density at radius 2 is 2.07 bits per heavy atom. The summed E-state index contributed by atoms with van der Waals surface area (Å²) in [7, 11) is 0. The Kier molecular flexibility index (Phi) is 8.82. The molecule has 9 heteroatoms. The average Bonchev–Trinajstić information content (AvgIpc) is 3.14. The number of amides is 1. The second-order valence-corrected chi connectivity index (χ2v) is 6.93. The summed E-state index contributed by atoms with van der Waals surface area (Å²) in [6.45, 7) is 4.31. The standard InChI is InChI=1S/C21H25F2N5O.HI/c1-2-25-21(26-12-14-4-3-5-15(10-14)20(24)29)27-17-8-9-28(13-17)19-7-6-16(22)11-18(19)23;/h3-7,10-11,17H,2,8-9,12-13H2,1H3,(H2,24,29)(H2,25,26,27);1H. The Labute approximate surface area is 191 Å². The van der Waals surface area contributed by atoms with Crippen LogP contribution < -0.4 is 21.3 Å². The fourth-order valence-corrected chi connectivity index (χ4v) is 3.34. The van der Waals surface area contributed by atoms with Crippen LogP contribution in [0.25, 0.3) is 0 Å². The number of aliphatic imine (C=N–C) groups is 1. The van der Waals surface area contributed by atoms with Gasteiger partial charge in [-0.05, 0) is 43.2 Å². The van der Waals surface area contributed by atoms with Gasteiger partial charge in [0.25, 0.3) is 0 Å². The van der Waals surface area contributed by atoms with Crippen molar-refractivity contribution < 1.29 is 13.6 Å². The molecule has 0 aliphatic carbocycles. The van der Waals surface area contributed by atoms with Gasteiger partial charge < -0.3 is 21.3 Å². The van der Waals surface area contributed by atoms with E-state index in [4.69, 9.17) is 5.73 Å². The molecule has 1 aliphatic rings. The molecule has 1 saturated heterocycles. The van der Waals surface area contributed by atoms with E-state index < -0.39 is 17.5 Å². The van der Waals surface area contributed by atoms with E-state index in [0.717, 1.165) is 18.1 Å². The third-order valence-corrected chi connectivity index (χ3v) is 4.75. The Balaban J connectivity index is 0.00000320. The molecular formula is C21H26F2IN5O. The second-order valence-electron chi connectivity index (χ2n) is 6.93. The lowest BCUT2D eigenvalue weighted by atomic mass is 10.1. The van der Waals surface area contributed by atoms with Gasteiger partial charge in [0, 0.05) is 37.3 Å². The minimum atomic E-state index is -0.581. The molecule has 0 aromatic heterocycles. The zero-order valence-electron chi connectivity index (χ0n) is 16.7. The highest BCUT2D eigenvalue weighted by Crippen LogP contribution is 2.24. The number of benzene rings is 2. The van der Waals surface area contributed by atoms with Gasteiger partial charge in [0.15, 0.2) is 5.96 Å². The Bertz CT molecular complexity index is 909. The Hall–Kier alpha value is -2.43. The number of hydrogen-bond donors (Lipinski definition) is 3. The van der Waals surface area contributed by atoms with Gasteiger partial charge in [-0.3, -0.25) is 4.79 Å². The number of primary amides is 1. The molecule has 1 fully saturated rings. The number of rotatable bonds is 6. The summed E-state index contributed by atoms with van der Waals surface area (Å²) in [5, 5.41) is 6.56. The molecule has 1 aliphatic heterocycles. The van der Waals surface area contributed by atoms with Crippen molar-refractivity contribution in [3.8, 4) is 0 Å². The highest BCUT2D eigenvalue weighted by atomic mass is 127. The SMILES string of the molecule is CCNC(=NCc1cccc(C(N)=O)c1)NC1CCN(c2ccc(F)cc2F)C1.I. The van der Waals surface area contributed by atoms with Gasteiger partial charge in [-0.2, -0.15) is 0 Å². The van der Waals surface area contributed by atoms with Crippen LogP contribution in [0.3, 0.4) is 0 Å². The van der Waals surface area contributed by atoms with E-state index in [2.05, 4.69) is 15.6 Å². The summed E-state index contributed by atoms with van der Waals surface area (Å²) in [5.41, 5.74) is 7.05. The van der Waals surface area contributed by atoms with Crippen LogP contribution in [0.2, 0.25) is 0 Å². The zero-order valence-corrected chi connectivity index (χ0v) is 19.0. The first kappa shape index (κ1) is 23.8. The topological polar surface area (TPSA) is 82.7 Å². The maximum absolute atomic E-state index is 14.0. The van der Waals surface area contributed by atoms with Crippen LogP contribution in [0.5, 0.6) is 0 Å². The second kappa shape index (κ2) is 11.1. The van der Waals surface area contributed by atoms with Gasteiger partial charge in [-0.15, -0.1) is 24.0 Å². The van der Waals surface area contributed by atoms with Gasteiger partial charge in [0.05, 0.1) is 12.2 Å². The number of anilines is 1. The third-order valence-electron chi connectivity index (χ3n) is 4.75. The molecule has 1 atom stereocenters. The van der Waals surface area contributed by atoms with E-state index in [9.17, 15) is 13.6 Å². The monoisotopic (exact) mass is 529 g/mol. The molecule has 0 radical (unpaired) electrons. The number of carbonyl (C=O) groups excluding carboxylic acids is 1. The third kappa shape index (κ3) is 6.28. The molecule has 0 spiro atoms. The number of hydrogen-bond acceptors (Lipinski definition) is 3. The lowest BCUT2D eigenvalue weighted by Crippen LogP contribution is -2.44. The first-order valence-corrected chi connectivity index (χ1v) is 9.60. The first-order chi connectivity index (χ1) is 14.0. The molecule has 0 saturated carbocycles. The fourth-order valence-electron chi connectivity index (χ4n) is 3.34. The van der Waals surface area contributed by atoms with Crippen LogP contribution in [0.4, 0.5) is 14.5 Å². The summed E-state index contributed by atoms with van der Waals surface area (Å²) in [4.78, 5) is 17.8. The molecule has 0 bridgehead atoms. The molecule has 30 heavy (non-hydrogen) atoms. The Morgan fingerprint density at radius 3 is 2.77 bits per heavy atom. The number of nitrogens with two attached hydrogens (primary N) is 1. The molecule has 1 amide bonds. The van der Waals surface area contributed by atoms with Crippen molar-refractivity contribution in [3.05, 3.63) is 65.2 Å². The van der Waals surface area contributed by atoms with Crippen molar-refractivity contribution in [2.45, 2.75) is 25.9 Å². The van der Waals surface area contributed by atoms with Gasteiger partial charge >= 0.3 is 0 Å². The fraction of sp³-hybridized carbons (Fsp3) is 0.333. The van der Waals surface area contributed by atoms with E-state index >= 15 is 0 Å². The van der Waals surface area contributed by atoms with Crippen molar-refractivity contribution in [1.29, 1.82) is 0 Å². The highest BCUT2D eigenvalue weighted by molar-refractivity contribution is 14.0. The number of halogens is 3. The van der Waals surface area contributed by atoms with E-state index in [1.165, 1.54) is 12.1 Å². The van der Waals surface area contributed by atoms with Crippen LogP contribution in [-0.4, -0.2) is 37.5 Å². The lowest BCUT2D eigenvalue weighted by Gasteiger charge is -2.21.